The van der Waals surface area contributed by atoms with Crippen LogP contribution in [-0.2, 0) is 11.2 Å². The number of rotatable bonds is 6. The van der Waals surface area contributed by atoms with E-state index < -0.39 is 6.09 Å². The third kappa shape index (κ3) is 5.10. The van der Waals surface area contributed by atoms with Crippen molar-refractivity contribution in [3.8, 4) is 5.06 Å². The van der Waals surface area contributed by atoms with Crippen molar-refractivity contribution in [1.29, 1.82) is 0 Å². The molecule has 0 radical (unpaired) electrons. The van der Waals surface area contributed by atoms with Crippen molar-refractivity contribution in [2.45, 2.75) is 13.3 Å². The molecule has 1 aromatic carbocycles. The number of aromatic nitrogens is 2. The van der Waals surface area contributed by atoms with Crippen molar-refractivity contribution in [3.05, 3.63) is 46.4 Å². The van der Waals surface area contributed by atoms with Gasteiger partial charge in [-0.2, -0.15) is 4.98 Å². The number of fused-ring (bicyclic) bond motifs is 1. The second-order valence-electron chi connectivity index (χ2n) is 6.85. The van der Waals surface area contributed by atoms with Gasteiger partial charge in [-0.05, 0) is 36.1 Å². The van der Waals surface area contributed by atoms with Gasteiger partial charge in [0.05, 0.1) is 24.2 Å². The molecule has 0 saturated heterocycles. The fraction of sp³-hybridized carbons (Fsp3) is 0.238. The summed E-state index contributed by atoms with van der Waals surface area (Å²) in [7, 11) is 1.48. The van der Waals surface area contributed by atoms with E-state index in [0.29, 0.717) is 52.8 Å². The number of amides is 2. The van der Waals surface area contributed by atoms with Gasteiger partial charge in [0.1, 0.15) is 5.02 Å². The van der Waals surface area contributed by atoms with E-state index in [1.165, 1.54) is 24.6 Å². The van der Waals surface area contributed by atoms with Crippen molar-refractivity contribution in [2.75, 3.05) is 35.7 Å². The highest BCUT2D eigenvalue weighted by Gasteiger charge is 2.22. The molecule has 0 bridgehead atoms. The Kier molecular flexibility index (Phi) is 6.80. The predicted octanol–water partition coefficient (Wildman–Crippen LogP) is 4.92. The predicted molar refractivity (Wildman–Crippen MR) is 128 cm³/mol. The van der Waals surface area contributed by atoms with Crippen molar-refractivity contribution in [3.63, 3.8) is 0 Å². The lowest BCUT2D eigenvalue weighted by molar-refractivity contribution is 0.157. The zero-order valence-corrected chi connectivity index (χ0v) is 19.4. The van der Waals surface area contributed by atoms with Crippen LogP contribution >= 0.6 is 22.9 Å². The Bertz CT molecular complexity index is 1190. The van der Waals surface area contributed by atoms with Gasteiger partial charge in [0.25, 0.3) is 0 Å². The molecule has 4 rings (SSSR count). The van der Waals surface area contributed by atoms with Crippen LogP contribution in [0.15, 0.2) is 35.8 Å². The molecule has 0 unspecified atom stereocenters. The Hall–Kier alpha value is -3.57. The maximum atomic E-state index is 12.2. The number of hydrogen-bond acceptors (Lipinski definition) is 9. The molecule has 172 valence electrons. The molecule has 0 spiro atoms. The first-order chi connectivity index (χ1) is 16.0. The van der Waals surface area contributed by atoms with E-state index >= 15 is 0 Å². The largest absolute Gasteiger partial charge is 0.449 e. The number of nitrogens with one attached hydrogen (secondary N) is 3. The molecule has 3 aromatic rings. The highest BCUT2D eigenvalue weighted by Crippen LogP contribution is 2.35. The summed E-state index contributed by atoms with van der Waals surface area (Å²) in [5, 5.41) is 11.1. The van der Waals surface area contributed by atoms with E-state index in [0.717, 1.165) is 11.3 Å². The van der Waals surface area contributed by atoms with Crippen LogP contribution in [0.1, 0.15) is 12.5 Å². The number of cyclic esters (lactones) is 1. The molecule has 10 nitrogen and oxygen atoms in total. The number of carbonyl (C=O) groups excluding carboxylic acids is 2. The Morgan fingerprint density at radius 2 is 2.18 bits per heavy atom. The van der Waals surface area contributed by atoms with Crippen LogP contribution in [0.4, 0.5) is 38.4 Å². The number of nitrogens with zero attached hydrogens (tertiary/aromatic N) is 3. The number of benzene rings is 1. The van der Waals surface area contributed by atoms with Gasteiger partial charge in [-0.3, -0.25) is 4.90 Å². The molecule has 1 aliphatic rings. The first-order valence-electron chi connectivity index (χ1n) is 10.1. The molecule has 0 aliphatic carbocycles. The lowest BCUT2D eigenvalue weighted by Crippen LogP contribution is -2.30. The molecule has 12 heteroatoms. The van der Waals surface area contributed by atoms with E-state index in [-0.39, 0.29) is 6.09 Å². The molecule has 2 amide bonds. The number of thiophene rings is 1. The Morgan fingerprint density at radius 3 is 2.97 bits per heavy atom. The van der Waals surface area contributed by atoms with Crippen LogP contribution in [0.25, 0.3) is 0 Å². The Labute approximate surface area is 198 Å². The van der Waals surface area contributed by atoms with Gasteiger partial charge < -0.3 is 25.4 Å². The zero-order chi connectivity index (χ0) is 23.4. The minimum absolute atomic E-state index is 0.291. The summed E-state index contributed by atoms with van der Waals surface area (Å²) in [5.74, 6) is 0.632. The lowest BCUT2D eigenvalue weighted by Gasteiger charge is -2.20. The second-order valence-corrected chi connectivity index (χ2v) is 8.14. The van der Waals surface area contributed by atoms with Crippen molar-refractivity contribution < 1.29 is 19.1 Å². The second kappa shape index (κ2) is 9.92. The monoisotopic (exact) mass is 488 g/mol. The fourth-order valence-electron chi connectivity index (χ4n) is 3.20. The van der Waals surface area contributed by atoms with E-state index in [4.69, 9.17) is 21.1 Å². The SMILES string of the molecule is CCN1C(=O)OCCc2ccc(Nc3ncc(Cl)c(Nc4ccsc4OC(=O)NC)n3)cc21. The minimum atomic E-state index is -0.579. The van der Waals surface area contributed by atoms with Crippen LogP contribution in [0.3, 0.4) is 0 Å². The normalized spacial score (nSPS) is 12.9. The lowest BCUT2D eigenvalue weighted by atomic mass is 10.1. The maximum absolute atomic E-state index is 12.2. The fourth-order valence-corrected chi connectivity index (χ4v) is 4.04. The number of anilines is 5. The number of ether oxygens (including phenoxy) is 2. The van der Waals surface area contributed by atoms with Gasteiger partial charge in [-0.15, -0.1) is 11.3 Å². The standard InChI is InChI=1S/C21H21ClN6O4S/c1-3-28-16-10-13(5-4-12(16)6-8-31-21(28)30)25-19-24-11-14(22)17(27-19)26-15-7-9-33-18(15)32-20(29)23-2/h4-5,7,9-11H,3,6,8H2,1-2H3,(H,23,29)(H2,24,25,26,27). The molecule has 3 heterocycles. The molecule has 0 fully saturated rings. The van der Waals surface area contributed by atoms with Gasteiger partial charge in [0, 0.05) is 25.7 Å². The summed E-state index contributed by atoms with van der Waals surface area (Å²) in [6.07, 6.45) is 1.16. The molecule has 0 saturated carbocycles. The summed E-state index contributed by atoms with van der Waals surface area (Å²) >= 11 is 7.53. The highest BCUT2D eigenvalue weighted by molar-refractivity contribution is 7.12. The van der Waals surface area contributed by atoms with Crippen LogP contribution in [0.2, 0.25) is 5.02 Å². The quantitative estimate of drug-likeness (QED) is 0.447. The zero-order valence-electron chi connectivity index (χ0n) is 17.8. The van der Waals surface area contributed by atoms with E-state index in [2.05, 4.69) is 25.9 Å². The first kappa shape index (κ1) is 22.6. The van der Waals surface area contributed by atoms with Gasteiger partial charge in [0.15, 0.2) is 5.82 Å². The van der Waals surface area contributed by atoms with Crippen molar-refractivity contribution in [1.82, 2.24) is 15.3 Å². The van der Waals surface area contributed by atoms with Crippen LogP contribution < -0.4 is 25.6 Å². The third-order valence-corrected chi connectivity index (χ3v) is 5.85. The van der Waals surface area contributed by atoms with Crippen molar-refractivity contribution in [2.24, 2.45) is 0 Å². The van der Waals surface area contributed by atoms with Crippen LogP contribution in [0.5, 0.6) is 5.06 Å². The average molecular weight is 489 g/mol. The third-order valence-electron chi connectivity index (χ3n) is 4.78. The smallest absolute Gasteiger partial charge is 0.414 e. The molecular formula is C21H21ClN6O4S. The minimum Gasteiger partial charge on any atom is -0.449 e. The first-order valence-corrected chi connectivity index (χ1v) is 11.3. The summed E-state index contributed by atoms with van der Waals surface area (Å²) in [5.41, 5.74) is 3.05. The maximum Gasteiger partial charge on any atom is 0.414 e. The summed E-state index contributed by atoms with van der Waals surface area (Å²) in [6, 6.07) is 7.46. The topological polar surface area (TPSA) is 118 Å². The van der Waals surface area contributed by atoms with Crippen LogP contribution in [-0.4, -0.2) is 42.4 Å². The van der Waals surface area contributed by atoms with Crippen molar-refractivity contribution >= 4 is 64.0 Å². The molecule has 1 aliphatic heterocycles. The molecule has 0 atom stereocenters. The number of carbonyl (C=O) groups is 2. The molecular weight excluding hydrogens is 468 g/mol. The number of halogens is 1. The molecule has 3 N–H and O–H groups in total. The van der Waals surface area contributed by atoms with Gasteiger partial charge in [-0.25, -0.2) is 14.6 Å². The van der Waals surface area contributed by atoms with E-state index in [9.17, 15) is 9.59 Å². The van der Waals surface area contributed by atoms with Gasteiger partial charge >= 0.3 is 12.2 Å². The number of hydrogen-bond donors (Lipinski definition) is 3. The summed E-state index contributed by atoms with van der Waals surface area (Å²) in [4.78, 5) is 34.1. The van der Waals surface area contributed by atoms with Gasteiger partial charge in [0.2, 0.25) is 11.0 Å². The Morgan fingerprint density at radius 1 is 1.33 bits per heavy atom. The average Bonchev–Trinajstić information content (AvgIpc) is 3.16. The summed E-state index contributed by atoms with van der Waals surface area (Å²) < 4.78 is 10.5. The van der Waals surface area contributed by atoms with E-state index in [1.54, 1.807) is 16.3 Å². The van der Waals surface area contributed by atoms with Gasteiger partial charge in [-0.1, -0.05) is 17.7 Å². The Balaban J connectivity index is 1.56. The van der Waals surface area contributed by atoms with E-state index in [1.807, 2.05) is 25.1 Å². The summed E-state index contributed by atoms with van der Waals surface area (Å²) in [6.45, 7) is 2.73. The molecule has 2 aromatic heterocycles. The molecule has 33 heavy (non-hydrogen) atoms. The van der Waals surface area contributed by atoms with Crippen LogP contribution in [0, 0.1) is 0 Å². The highest BCUT2D eigenvalue weighted by atomic mass is 35.5.